The van der Waals surface area contributed by atoms with Crippen molar-refractivity contribution >= 4 is 0 Å². The summed E-state index contributed by atoms with van der Waals surface area (Å²) in [6.07, 6.45) is 3.35. The van der Waals surface area contributed by atoms with E-state index in [1.807, 2.05) is 0 Å². The van der Waals surface area contributed by atoms with E-state index in [0.717, 1.165) is 6.54 Å². The maximum atomic E-state index is 9.16. The molecule has 0 amide bonds. The Kier molecular flexibility index (Phi) is 6.17. The molecule has 4 nitrogen and oxygen atoms in total. The van der Waals surface area contributed by atoms with Crippen LogP contribution in [0.1, 0.15) is 26.2 Å². The zero-order valence-corrected chi connectivity index (χ0v) is 9.65. The van der Waals surface area contributed by atoms with Crippen LogP contribution in [0, 0.1) is 0 Å². The molecule has 1 aliphatic heterocycles. The molecule has 0 saturated carbocycles. The van der Waals surface area contributed by atoms with Gasteiger partial charge >= 0.3 is 0 Å². The molecule has 0 aromatic heterocycles. The van der Waals surface area contributed by atoms with Gasteiger partial charge in [-0.25, -0.2) is 0 Å². The highest BCUT2D eigenvalue weighted by Crippen LogP contribution is 2.11. The van der Waals surface area contributed by atoms with Crippen molar-refractivity contribution in [2.45, 2.75) is 38.3 Å². The first kappa shape index (κ1) is 12.9. The first-order valence-electron chi connectivity index (χ1n) is 5.97. The average molecular weight is 216 g/mol. The van der Waals surface area contributed by atoms with E-state index >= 15 is 0 Å². The highest BCUT2D eigenvalue weighted by Gasteiger charge is 2.16. The lowest BCUT2D eigenvalue weighted by Gasteiger charge is -2.32. The second kappa shape index (κ2) is 7.17. The molecule has 3 N–H and O–H groups in total. The fourth-order valence-corrected chi connectivity index (χ4v) is 2.01. The predicted octanol–water partition coefficient (Wildman–Crippen LogP) is -0.196. The van der Waals surface area contributed by atoms with E-state index in [1.165, 1.54) is 32.4 Å². The Morgan fingerprint density at radius 3 is 2.47 bits per heavy atom. The summed E-state index contributed by atoms with van der Waals surface area (Å²) in [6.45, 7) is 5.82. The molecule has 0 aliphatic carbocycles. The second-order valence-electron chi connectivity index (χ2n) is 4.44. The van der Waals surface area contributed by atoms with Gasteiger partial charge in [0.15, 0.2) is 0 Å². The third-order valence-electron chi connectivity index (χ3n) is 3.04. The standard InChI is InChI=1S/C11H24N2O2/c1-10(7-12-8-11(15)9-14)13-5-3-2-4-6-13/h10-12,14-15H,2-9H2,1H3. The van der Waals surface area contributed by atoms with Gasteiger partial charge < -0.3 is 15.5 Å². The Labute approximate surface area is 92.3 Å². The monoisotopic (exact) mass is 216 g/mol. The van der Waals surface area contributed by atoms with E-state index in [1.54, 1.807) is 0 Å². The topological polar surface area (TPSA) is 55.7 Å². The molecule has 0 bridgehead atoms. The van der Waals surface area contributed by atoms with Crippen molar-refractivity contribution in [2.24, 2.45) is 0 Å². The van der Waals surface area contributed by atoms with E-state index in [-0.39, 0.29) is 6.61 Å². The Balaban J connectivity index is 2.09. The molecule has 1 rings (SSSR count). The van der Waals surface area contributed by atoms with E-state index in [2.05, 4.69) is 17.1 Å². The molecule has 0 spiro atoms. The van der Waals surface area contributed by atoms with Gasteiger partial charge in [0.2, 0.25) is 0 Å². The first-order valence-corrected chi connectivity index (χ1v) is 5.97. The van der Waals surface area contributed by atoms with Crippen molar-refractivity contribution in [2.75, 3.05) is 32.8 Å². The number of aliphatic hydroxyl groups excluding tert-OH is 2. The fraction of sp³-hybridized carbons (Fsp3) is 1.00. The number of hydrogen-bond donors (Lipinski definition) is 3. The normalized spacial score (nSPS) is 22.6. The summed E-state index contributed by atoms with van der Waals surface area (Å²) in [7, 11) is 0. The summed E-state index contributed by atoms with van der Waals surface area (Å²) in [5.74, 6) is 0. The zero-order valence-electron chi connectivity index (χ0n) is 9.65. The molecule has 0 aromatic rings. The highest BCUT2D eigenvalue weighted by molar-refractivity contribution is 4.73. The van der Waals surface area contributed by atoms with Crippen molar-refractivity contribution in [3.63, 3.8) is 0 Å². The molecule has 0 radical (unpaired) electrons. The lowest BCUT2D eigenvalue weighted by atomic mass is 10.1. The van der Waals surface area contributed by atoms with Gasteiger partial charge in [0, 0.05) is 19.1 Å². The van der Waals surface area contributed by atoms with E-state index in [0.29, 0.717) is 12.6 Å². The number of aliphatic hydroxyl groups is 2. The summed E-state index contributed by atoms with van der Waals surface area (Å²) in [4.78, 5) is 2.49. The number of nitrogens with one attached hydrogen (secondary N) is 1. The number of rotatable bonds is 6. The Bertz CT molecular complexity index is 161. The van der Waals surface area contributed by atoms with Gasteiger partial charge in [-0.15, -0.1) is 0 Å². The lowest BCUT2D eigenvalue weighted by molar-refractivity contribution is 0.0910. The van der Waals surface area contributed by atoms with Gasteiger partial charge in [-0.3, -0.25) is 4.90 Å². The summed E-state index contributed by atoms with van der Waals surface area (Å²) in [5.41, 5.74) is 0. The van der Waals surface area contributed by atoms with Gasteiger partial charge in [0.25, 0.3) is 0 Å². The van der Waals surface area contributed by atoms with Crippen molar-refractivity contribution in [1.82, 2.24) is 10.2 Å². The molecule has 0 aromatic carbocycles. The minimum Gasteiger partial charge on any atom is -0.394 e. The van der Waals surface area contributed by atoms with E-state index in [4.69, 9.17) is 10.2 Å². The molecule has 1 aliphatic rings. The van der Waals surface area contributed by atoms with Crippen LogP contribution in [0.4, 0.5) is 0 Å². The molecular weight excluding hydrogens is 192 g/mol. The van der Waals surface area contributed by atoms with Gasteiger partial charge in [0.05, 0.1) is 12.7 Å². The van der Waals surface area contributed by atoms with Crippen LogP contribution in [0.5, 0.6) is 0 Å². The molecule has 15 heavy (non-hydrogen) atoms. The maximum absolute atomic E-state index is 9.16. The SMILES string of the molecule is CC(CNCC(O)CO)N1CCCCC1. The molecule has 90 valence electrons. The zero-order chi connectivity index (χ0) is 11.1. The number of hydrogen-bond acceptors (Lipinski definition) is 4. The average Bonchev–Trinajstić information content (AvgIpc) is 2.29. The minimum absolute atomic E-state index is 0.162. The van der Waals surface area contributed by atoms with Crippen LogP contribution in [0.25, 0.3) is 0 Å². The van der Waals surface area contributed by atoms with Gasteiger partial charge in [-0.1, -0.05) is 6.42 Å². The van der Waals surface area contributed by atoms with E-state index in [9.17, 15) is 0 Å². The number of piperidine rings is 1. The predicted molar refractivity (Wildman–Crippen MR) is 60.8 cm³/mol. The maximum Gasteiger partial charge on any atom is 0.0894 e. The molecule has 4 heteroatoms. The molecule has 2 atom stereocenters. The fourth-order valence-electron chi connectivity index (χ4n) is 2.01. The Morgan fingerprint density at radius 1 is 1.20 bits per heavy atom. The first-order chi connectivity index (χ1) is 7.24. The van der Waals surface area contributed by atoms with Gasteiger partial charge in [-0.2, -0.15) is 0 Å². The summed E-state index contributed by atoms with van der Waals surface area (Å²) in [5, 5.41) is 21.0. The number of nitrogens with zero attached hydrogens (tertiary/aromatic N) is 1. The Hall–Kier alpha value is -0.160. The van der Waals surface area contributed by atoms with Gasteiger partial charge in [0.1, 0.15) is 0 Å². The second-order valence-corrected chi connectivity index (χ2v) is 4.44. The largest absolute Gasteiger partial charge is 0.394 e. The van der Waals surface area contributed by atoms with Crippen LogP contribution in [-0.2, 0) is 0 Å². The molecule has 1 heterocycles. The third kappa shape index (κ3) is 4.93. The Morgan fingerprint density at radius 2 is 1.87 bits per heavy atom. The molecular formula is C11H24N2O2. The van der Waals surface area contributed by atoms with Crippen molar-refractivity contribution in [3.05, 3.63) is 0 Å². The van der Waals surface area contributed by atoms with E-state index < -0.39 is 6.10 Å². The summed E-state index contributed by atoms with van der Waals surface area (Å²) in [6, 6.07) is 0.524. The van der Waals surface area contributed by atoms with Gasteiger partial charge in [-0.05, 0) is 32.9 Å². The minimum atomic E-state index is -0.626. The van der Waals surface area contributed by atoms with Crippen molar-refractivity contribution < 1.29 is 10.2 Å². The molecule has 2 unspecified atom stereocenters. The smallest absolute Gasteiger partial charge is 0.0894 e. The van der Waals surface area contributed by atoms with Crippen LogP contribution in [0.3, 0.4) is 0 Å². The van der Waals surface area contributed by atoms with Crippen LogP contribution in [0.2, 0.25) is 0 Å². The quantitative estimate of drug-likeness (QED) is 0.576. The van der Waals surface area contributed by atoms with Crippen LogP contribution in [0.15, 0.2) is 0 Å². The lowest BCUT2D eigenvalue weighted by Crippen LogP contribution is -2.44. The van der Waals surface area contributed by atoms with Crippen LogP contribution in [-0.4, -0.2) is 60.0 Å². The summed E-state index contributed by atoms with van der Waals surface area (Å²) < 4.78 is 0. The molecule has 1 fully saturated rings. The van der Waals surface area contributed by atoms with Crippen molar-refractivity contribution in [3.8, 4) is 0 Å². The third-order valence-corrected chi connectivity index (χ3v) is 3.04. The summed E-state index contributed by atoms with van der Waals surface area (Å²) >= 11 is 0. The molecule has 1 saturated heterocycles. The number of likely N-dealkylation sites (tertiary alicyclic amines) is 1. The van der Waals surface area contributed by atoms with Crippen LogP contribution < -0.4 is 5.32 Å². The highest BCUT2D eigenvalue weighted by atomic mass is 16.3. The van der Waals surface area contributed by atoms with Crippen molar-refractivity contribution in [1.29, 1.82) is 0 Å². The van der Waals surface area contributed by atoms with Crippen LogP contribution >= 0.6 is 0 Å².